The predicted molar refractivity (Wildman–Crippen MR) is 69.7 cm³/mol. The largest absolute Gasteiger partial charge is 0.381 e. The summed E-state index contributed by atoms with van der Waals surface area (Å²) in [4.78, 5) is 0. The van der Waals surface area contributed by atoms with E-state index in [1.807, 2.05) is 0 Å². The van der Waals surface area contributed by atoms with Gasteiger partial charge in [-0.15, -0.1) is 0 Å². The molecule has 2 nitrogen and oxygen atoms in total. The van der Waals surface area contributed by atoms with Crippen LogP contribution in [0.25, 0.3) is 0 Å². The first kappa shape index (κ1) is 14.0. The molecule has 1 fully saturated rings. The van der Waals surface area contributed by atoms with Crippen molar-refractivity contribution in [1.29, 1.82) is 0 Å². The molecule has 1 N–H and O–H groups in total. The molecular formula is C14H29NO. The number of nitrogens with one attached hydrogen (secondary N) is 1. The predicted octanol–water partition coefficient (Wildman–Crippen LogP) is 3.22. The smallest absolute Gasteiger partial charge is 0.0495 e. The van der Waals surface area contributed by atoms with Gasteiger partial charge in [-0.25, -0.2) is 0 Å². The third-order valence-corrected chi connectivity index (χ3v) is 3.57. The molecule has 0 aromatic rings. The monoisotopic (exact) mass is 227 g/mol. The molecule has 1 aliphatic rings. The van der Waals surface area contributed by atoms with Crippen LogP contribution in [-0.2, 0) is 4.74 Å². The molecule has 1 heterocycles. The zero-order valence-electron chi connectivity index (χ0n) is 11.5. The first-order valence-corrected chi connectivity index (χ1v) is 6.85. The molecule has 1 saturated heterocycles. The summed E-state index contributed by atoms with van der Waals surface area (Å²) < 4.78 is 5.44. The van der Waals surface area contributed by atoms with Crippen molar-refractivity contribution in [3.63, 3.8) is 0 Å². The first-order chi connectivity index (χ1) is 7.54. The molecule has 0 aromatic carbocycles. The van der Waals surface area contributed by atoms with E-state index in [1.54, 1.807) is 0 Å². The average molecular weight is 227 g/mol. The van der Waals surface area contributed by atoms with Crippen LogP contribution in [0.15, 0.2) is 0 Å². The minimum Gasteiger partial charge on any atom is -0.381 e. The van der Waals surface area contributed by atoms with E-state index >= 15 is 0 Å². The second-order valence-electron chi connectivity index (χ2n) is 6.18. The third-order valence-electron chi connectivity index (χ3n) is 3.57. The van der Waals surface area contributed by atoms with Gasteiger partial charge >= 0.3 is 0 Å². The Balaban J connectivity index is 2.31. The van der Waals surface area contributed by atoms with E-state index < -0.39 is 0 Å². The summed E-state index contributed by atoms with van der Waals surface area (Å²) >= 11 is 0. The van der Waals surface area contributed by atoms with Crippen LogP contribution in [0.3, 0.4) is 0 Å². The van der Waals surface area contributed by atoms with Crippen LogP contribution >= 0.6 is 0 Å². The van der Waals surface area contributed by atoms with Crippen LogP contribution in [0.5, 0.6) is 0 Å². The molecule has 0 radical (unpaired) electrons. The van der Waals surface area contributed by atoms with Crippen molar-refractivity contribution in [3.8, 4) is 0 Å². The Morgan fingerprint density at radius 3 is 2.62 bits per heavy atom. The van der Waals surface area contributed by atoms with Gasteiger partial charge in [-0.1, -0.05) is 27.7 Å². The highest BCUT2D eigenvalue weighted by Crippen LogP contribution is 2.26. The van der Waals surface area contributed by atoms with Gasteiger partial charge in [-0.05, 0) is 43.6 Å². The van der Waals surface area contributed by atoms with E-state index in [4.69, 9.17) is 4.74 Å². The van der Waals surface area contributed by atoms with Gasteiger partial charge < -0.3 is 10.1 Å². The van der Waals surface area contributed by atoms with Crippen LogP contribution in [-0.4, -0.2) is 25.8 Å². The lowest BCUT2D eigenvalue weighted by atomic mass is 9.82. The van der Waals surface area contributed by atoms with Crippen LogP contribution in [0.1, 0.15) is 53.4 Å². The summed E-state index contributed by atoms with van der Waals surface area (Å²) in [7, 11) is 0. The van der Waals surface area contributed by atoms with Gasteiger partial charge in [0.15, 0.2) is 0 Å². The highest BCUT2D eigenvalue weighted by atomic mass is 16.5. The van der Waals surface area contributed by atoms with E-state index in [0.29, 0.717) is 11.5 Å². The van der Waals surface area contributed by atoms with Crippen molar-refractivity contribution in [2.45, 2.75) is 59.4 Å². The standard InChI is InChI=1S/C14H29NO/c1-5-9-15-13(14(2,3)4)7-6-12-8-10-16-11-12/h12-13,15H,5-11H2,1-4H3. The van der Waals surface area contributed by atoms with Crippen molar-refractivity contribution in [2.75, 3.05) is 19.8 Å². The molecule has 0 amide bonds. The Kier molecular flexibility index (Phi) is 5.77. The molecule has 0 bridgehead atoms. The summed E-state index contributed by atoms with van der Waals surface area (Å²) in [5, 5.41) is 3.69. The lowest BCUT2D eigenvalue weighted by Gasteiger charge is -2.32. The minimum absolute atomic E-state index is 0.370. The van der Waals surface area contributed by atoms with Gasteiger partial charge in [0.1, 0.15) is 0 Å². The van der Waals surface area contributed by atoms with Crippen molar-refractivity contribution in [3.05, 3.63) is 0 Å². The number of ether oxygens (including phenoxy) is 1. The van der Waals surface area contributed by atoms with Crippen LogP contribution in [0, 0.1) is 11.3 Å². The fourth-order valence-electron chi connectivity index (χ4n) is 2.37. The molecule has 1 aliphatic heterocycles. The Labute approximate surface area is 101 Å². The van der Waals surface area contributed by atoms with Gasteiger partial charge in [0.25, 0.3) is 0 Å². The zero-order valence-corrected chi connectivity index (χ0v) is 11.5. The van der Waals surface area contributed by atoms with Crippen molar-refractivity contribution < 1.29 is 4.74 Å². The average Bonchev–Trinajstić information content (AvgIpc) is 2.68. The molecule has 1 rings (SSSR count). The van der Waals surface area contributed by atoms with E-state index in [1.165, 1.54) is 25.7 Å². The first-order valence-electron chi connectivity index (χ1n) is 6.85. The maximum Gasteiger partial charge on any atom is 0.0495 e. The molecule has 2 heteroatoms. The number of hydrogen-bond donors (Lipinski definition) is 1. The summed E-state index contributed by atoms with van der Waals surface area (Å²) in [6.07, 6.45) is 5.10. The Morgan fingerprint density at radius 1 is 1.38 bits per heavy atom. The van der Waals surface area contributed by atoms with E-state index in [2.05, 4.69) is 33.0 Å². The fraction of sp³-hybridized carbons (Fsp3) is 1.00. The molecule has 96 valence electrons. The maximum absolute atomic E-state index is 5.44. The van der Waals surface area contributed by atoms with Gasteiger partial charge in [-0.2, -0.15) is 0 Å². The third kappa shape index (κ3) is 4.84. The van der Waals surface area contributed by atoms with Gasteiger partial charge in [0.2, 0.25) is 0 Å². The van der Waals surface area contributed by atoms with E-state index in [9.17, 15) is 0 Å². The van der Waals surface area contributed by atoms with E-state index in [-0.39, 0.29) is 0 Å². The summed E-state index contributed by atoms with van der Waals surface area (Å²) in [5.74, 6) is 0.813. The molecule has 2 unspecified atom stereocenters. The molecule has 0 aromatic heterocycles. The quantitative estimate of drug-likeness (QED) is 0.752. The van der Waals surface area contributed by atoms with Crippen LogP contribution in [0.2, 0.25) is 0 Å². The second-order valence-corrected chi connectivity index (χ2v) is 6.18. The van der Waals surface area contributed by atoms with Crippen LogP contribution < -0.4 is 5.32 Å². The zero-order chi connectivity index (χ0) is 12.0. The maximum atomic E-state index is 5.44. The minimum atomic E-state index is 0.370. The molecule has 0 spiro atoms. The fourth-order valence-corrected chi connectivity index (χ4v) is 2.37. The SMILES string of the molecule is CCCNC(CCC1CCOC1)C(C)(C)C. The Hall–Kier alpha value is -0.0800. The van der Waals surface area contributed by atoms with Crippen LogP contribution in [0.4, 0.5) is 0 Å². The van der Waals surface area contributed by atoms with E-state index in [0.717, 1.165) is 25.7 Å². The van der Waals surface area contributed by atoms with Gasteiger partial charge in [0, 0.05) is 19.3 Å². The normalized spacial score (nSPS) is 23.6. The second kappa shape index (κ2) is 6.61. The molecule has 0 aliphatic carbocycles. The summed E-state index contributed by atoms with van der Waals surface area (Å²) in [6, 6.07) is 0.646. The number of hydrogen-bond acceptors (Lipinski definition) is 2. The molecule has 16 heavy (non-hydrogen) atoms. The number of rotatable bonds is 6. The summed E-state index contributed by atoms with van der Waals surface area (Å²) in [6.45, 7) is 12.4. The highest BCUT2D eigenvalue weighted by Gasteiger charge is 2.25. The Bertz CT molecular complexity index is 180. The Morgan fingerprint density at radius 2 is 2.12 bits per heavy atom. The lowest BCUT2D eigenvalue weighted by molar-refractivity contribution is 0.178. The molecular weight excluding hydrogens is 198 g/mol. The van der Waals surface area contributed by atoms with Crippen molar-refractivity contribution >= 4 is 0 Å². The van der Waals surface area contributed by atoms with Crippen molar-refractivity contribution in [1.82, 2.24) is 5.32 Å². The highest BCUT2D eigenvalue weighted by molar-refractivity contribution is 4.81. The van der Waals surface area contributed by atoms with Gasteiger partial charge in [-0.3, -0.25) is 0 Å². The summed E-state index contributed by atoms with van der Waals surface area (Å²) in [5.41, 5.74) is 0.370. The topological polar surface area (TPSA) is 21.3 Å². The lowest BCUT2D eigenvalue weighted by Crippen LogP contribution is -2.41. The molecule has 0 saturated carbocycles. The molecule has 2 atom stereocenters. The van der Waals surface area contributed by atoms with Crippen molar-refractivity contribution in [2.24, 2.45) is 11.3 Å². The van der Waals surface area contributed by atoms with Gasteiger partial charge in [0.05, 0.1) is 0 Å².